The van der Waals surface area contributed by atoms with E-state index in [0.29, 0.717) is 0 Å². The van der Waals surface area contributed by atoms with Gasteiger partial charge in [0.2, 0.25) is 0 Å². The molecule has 0 aliphatic heterocycles. The van der Waals surface area contributed by atoms with Gasteiger partial charge < -0.3 is 5.32 Å². The third kappa shape index (κ3) is 2.56. The summed E-state index contributed by atoms with van der Waals surface area (Å²) in [6.07, 6.45) is 1.94. The van der Waals surface area contributed by atoms with E-state index < -0.39 is 0 Å². The van der Waals surface area contributed by atoms with Gasteiger partial charge in [0.1, 0.15) is 0 Å². The fourth-order valence-corrected chi connectivity index (χ4v) is 1.85. The lowest BCUT2D eigenvalue weighted by atomic mass is 9.92. The number of benzene rings is 2. The van der Waals surface area contributed by atoms with Crippen molar-refractivity contribution in [2.75, 3.05) is 5.32 Å². The Morgan fingerprint density at radius 3 is 2.00 bits per heavy atom. The van der Waals surface area contributed by atoms with E-state index in [1.165, 1.54) is 5.56 Å². The molecule has 0 saturated heterocycles. The Kier molecular flexibility index (Phi) is 3.29. The van der Waals surface area contributed by atoms with Crippen LogP contribution in [-0.4, -0.2) is 0 Å². The molecule has 0 bridgehead atoms. The largest absolute Gasteiger partial charge is 0.372 e. The number of para-hydroxylation sites is 1. The van der Waals surface area contributed by atoms with Crippen molar-refractivity contribution in [2.45, 2.75) is 12.5 Å². The molecule has 0 spiro atoms. The highest BCUT2D eigenvalue weighted by molar-refractivity contribution is 5.49. The Morgan fingerprint density at radius 1 is 0.941 bits per heavy atom. The van der Waals surface area contributed by atoms with Gasteiger partial charge in [-0.15, -0.1) is 6.58 Å². The van der Waals surface area contributed by atoms with E-state index in [0.717, 1.165) is 5.69 Å². The van der Waals surface area contributed by atoms with Crippen LogP contribution in [-0.2, 0) is 5.54 Å². The fourth-order valence-electron chi connectivity index (χ4n) is 1.85. The summed E-state index contributed by atoms with van der Waals surface area (Å²) in [7, 11) is 0. The van der Waals surface area contributed by atoms with Gasteiger partial charge in [0, 0.05) is 5.69 Å². The molecule has 0 aromatic heterocycles. The molecular weight excluding hydrogens is 206 g/mol. The topological polar surface area (TPSA) is 12.0 Å². The van der Waals surface area contributed by atoms with Crippen molar-refractivity contribution >= 4 is 5.69 Å². The quantitative estimate of drug-likeness (QED) is 0.766. The molecule has 86 valence electrons. The van der Waals surface area contributed by atoms with Crippen LogP contribution in [0.5, 0.6) is 0 Å². The molecule has 0 amide bonds. The van der Waals surface area contributed by atoms with Gasteiger partial charge in [-0.05, 0) is 24.6 Å². The third-order valence-electron chi connectivity index (χ3n) is 2.96. The average molecular weight is 223 g/mol. The monoisotopic (exact) mass is 223 g/mol. The van der Waals surface area contributed by atoms with Gasteiger partial charge >= 0.3 is 0 Å². The van der Waals surface area contributed by atoms with Crippen molar-refractivity contribution in [3.05, 3.63) is 78.9 Å². The Morgan fingerprint density at radius 2 is 1.47 bits per heavy atom. The number of rotatable bonds is 4. The summed E-state index contributed by atoms with van der Waals surface area (Å²) in [6, 6.07) is 20.5. The normalized spacial score (nSPS) is 13.7. The van der Waals surface area contributed by atoms with Crippen LogP contribution >= 0.6 is 0 Å². The van der Waals surface area contributed by atoms with Crippen molar-refractivity contribution < 1.29 is 0 Å². The standard InChI is InChI=1S/C16H17N/c1-3-16(2,14-10-6-4-7-11-14)17-15-12-8-5-9-13-15/h3-13,17H,1H2,2H3/t16-/m0/s1. The van der Waals surface area contributed by atoms with Crippen LogP contribution in [0.2, 0.25) is 0 Å². The molecule has 1 atom stereocenters. The molecule has 0 aliphatic carbocycles. The van der Waals surface area contributed by atoms with Crippen LogP contribution in [0, 0.1) is 0 Å². The summed E-state index contributed by atoms with van der Waals surface area (Å²) in [5.41, 5.74) is 2.06. The first-order chi connectivity index (χ1) is 8.24. The SMILES string of the molecule is C=C[C@](C)(Nc1ccccc1)c1ccccc1. The van der Waals surface area contributed by atoms with Crippen LogP contribution in [0.15, 0.2) is 73.3 Å². The third-order valence-corrected chi connectivity index (χ3v) is 2.96. The van der Waals surface area contributed by atoms with Crippen molar-refractivity contribution in [1.82, 2.24) is 0 Å². The lowest BCUT2D eigenvalue weighted by molar-refractivity contribution is 0.692. The lowest BCUT2D eigenvalue weighted by Crippen LogP contribution is -2.29. The second kappa shape index (κ2) is 4.88. The van der Waals surface area contributed by atoms with E-state index in [1.807, 2.05) is 42.5 Å². The smallest absolute Gasteiger partial charge is 0.0778 e. The first kappa shape index (κ1) is 11.5. The minimum absolute atomic E-state index is 0.247. The van der Waals surface area contributed by atoms with Crippen LogP contribution in [0.1, 0.15) is 12.5 Å². The molecule has 2 aromatic carbocycles. The molecule has 2 rings (SSSR count). The van der Waals surface area contributed by atoms with Gasteiger partial charge in [-0.2, -0.15) is 0 Å². The molecule has 0 saturated carbocycles. The first-order valence-electron chi connectivity index (χ1n) is 5.77. The van der Waals surface area contributed by atoms with E-state index in [-0.39, 0.29) is 5.54 Å². The van der Waals surface area contributed by atoms with Crippen molar-refractivity contribution in [3.63, 3.8) is 0 Å². The fraction of sp³-hybridized carbons (Fsp3) is 0.125. The number of hydrogen-bond acceptors (Lipinski definition) is 1. The Hall–Kier alpha value is -2.02. The molecule has 1 nitrogen and oxygen atoms in total. The molecule has 2 aromatic rings. The van der Waals surface area contributed by atoms with Gasteiger partial charge in [-0.25, -0.2) is 0 Å². The molecule has 0 fully saturated rings. The molecule has 0 aliphatic rings. The Labute approximate surface area is 103 Å². The molecular formula is C16H17N. The number of anilines is 1. The van der Waals surface area contributed by atoms with Crippen LogP contribution in [0.3, 0.4) is 0 Å². The second-order valence-electron chi connectivity index (χ2n) is 4.26. The summed E-state index contributed by atoms with van der Waals surface area (Å²) in [5, 5.41) is 3.50. The van der Waals surface area contributed by atoms with Crippen LogP contribution in [0.25, 0.3) is 0 Å². The summed E-state index contributed by atoms with van der Waals surface area (Å²) < 4.78 is 0. The maximum Gasteiger partial charge on any atom is 0.0778 e. The summed E-state index contributed by atoms with van der Waals surface area (Å²) in [5.74, 6) is 0. The Bertz CT molecular complexity index is 475. The summed E-state index contributed by atoms with van der Waals surface area (Å²) >= 11 is 0. The van der Waals surface area contributed by atoms with E-state index >= 15 is 0 Å². The van der Waals surface area contributed by atoms with Crippen molar-refractivity contribution in [1.29, 1.82) is 0 Å². The molecule has 1 N–H and O–H groups in total. The Balaban J connectivity index is 2.30. The van der Waals surface area contributed by atoms with Crippen molar-refractivity contribution in [3.8, 4) is 0 Å². The van der Waals surface area contributed by atoms with E-state index in [1.54, 1.807) is 0 Å². The minimum Gasteiger partial charge on any atom is -0.372 e. The first-order valence-corrected chi connectivity index (χ1v) is 5.77. The molecule has 0 heterocycles. The zero-order chi connectivity index (χ0) is 12.1. The zero-order valence-electron chi connectivity index (χ0n) is 10.1. The number of hydrogen-bond donors (Lipinski definition) is 1. The van der Waals surface area contributed by atoms with Gasteiger partial charge in [0.05, 0.1) is 5.54 Å². The molecule has 0 unspecified atom stereocenters. The maximum absolute atomic E-state index is 3.94. The van der Waals surface area contributed by atoms with Crippen LogP contribution < -0.4 is 5.32 Å². The van der Waals surface area contributed by atoms with Gasteiger partial charge in [-0.1, -0.05) is 54.6 Å². The average Bonchev–Trinajstić information content (AvgIpc) is 2.41. The van der Waals surface area contributed by atoms with Gasteiger partial charge in [-0.3, -0.25) is 0 Å². The lowest BCUT2D eigenvalue weighted by Gasteiger charge is -2.29. The molecule has 0 radical (unpaired) electrons. The summed E-state index contributed by atoms with van der Waals surface area (Å²) in [4.78, 5) is 0. The highest BCUT2D eigenvalue weighted by atomic mass is 15.0. The predicted molar refractivity (Wildman–Crippen MR) is 74.1 cm³/mol. The van der Waals surface area contributed by atoms with Gasteiger partial charge in [0.25, 0.3) is 0 Å². The molecule has 17 heavy (non-hydrogen) atoms. The van der Waals surface area contributed by atoms with Gasteiger partial charge in [0.15, 0.2) is 0 Å². The van der Waals surface area contributed by atoms with Crippen molar-refractivity contribution in [2.24, 2.45) is 0 Å². The maximum atomic E-state index is 3.94. The van der Waals surface area contributed by atoms with E-state index in [2.05, 4.69) is 43.1 Å². The highest BCUT2D eigenvalue weighted by Gasteiger charge is 2.21. The highest BCUT2D eigenvalue weighted by Crippen LogP contribution is 2.26. The summed E-state index contributed by atoms with van der Waals surface area (Å²) in [6.45, 7) is 6.07. The van der Waals surface area contributed by atoms with Crippen LogP contribution in [0.4, 0.5) is 5.69 Å². The predicted octanol–water partition coefficient (Wildman–Crippen LogP) is 4.20. The molecule has 1 heteroatoms. The zero-order valence-corrected chi connectivity index (χ0v) is 10.1. The van der Waals surface area contributed by atoms with E-state index in [4.69, 9.17) is 0 Å². The second-order valence-corrected chi connectivity index (χ2v) is 4.26. The number of nitrogens with one attached hydrogen (secondary N) is 1. The van der Waals surface area contributed by atoms with E-state index in [9.17, 15) is 0 Å². The minimum atomic E-state index is -0.247.